The van der Waals surface area contributed by atoms with Crippen LogP contribution in [0.5, 0.6) is 0 Å². The van der Waals surface area contributed by atoms with Gasteiger partial charge in [-0.3, -0.25) is 14.4 Å². The second-order valence-electron chi connectivity index (χ2n) is 23.1. The largest absolute Gasteiger partial charge is 0.372 e. The van der Waals surface area contributed by atoms with E-state index in [-0.39, 0.29) is 23.6 Å². The first kappa shape index (κ1) is 65.9. The molecular weight excluding hydrogens is 1130 g/mol. The van der Waals surface area contributed by atoms with Crippen LogP contribution >= 0.6 is 0 Å². The Morgan fingerprint density at radius 1 is 0.424 bits per heavy atom. The molecule has 5 aliphatic rings. The third-order valence-corrected chi connectivity index (χ3v) is 16.7. The first-order valence-corrected chi connectivity index (χ1v) is 32.0. The minimum Gasteiger partial charge on any atom is -0.372 e. The summed E-state index contributed by atoms with van der Waals surface area (Å²) in [4.78, 5) is 47.5. The minimum atomic E-state index is -0.145. The third-order valence-electron chi connectivity index (χ3n) is 16.7. The fourth-order valence-corrected chi connectivity index (χ4v) is 11.5. The Labute approximate surface area is 545 Å². The average molecular weight is 1220 g/mol. The zero-order valence-electron chi connectivity index (χ0n) is 54.4. The molecule has 6 aromatic rings. The summed E-state index contributed by atoms with van der Waals surface area (Å²) in [7, 11) is 1.99. The number of nitrogens with one attached hydrogen (secondary N) is 3. The van der Waals surface area contributed by atoms with Gasteiger partial charge in [0.1, 0.15) is 5.82 Å². The molecule has 10 heteroatoms. The summed E-state index contributed by atoms with van der Waals surface area (Å²) >= 11 is 0. The number of hydrogen-bond donors (Lipinski definition) is 3. The van der Waals surface area contributed by atoms with Crippen LogP contribution in [0.2, 0.25) is 0 Å². The fourth-order valence-electron chi connectivity index (χ4n) is 11.5. The monoisotopic (exact) mass is 1220 g/mol. The van der Waals surface area contributed by atoms with Gasteiger partial charge in [-0.25, -0.2) is 4.98 Å². The number of rotatable bonds is 21. The number of hydrogen-bond acceptors (Lipinski definition) is 6. The molecule has 1 aromatic heterocycles. The normalized spacial score (nSPS) is 13.4. The van der Waals surface area contributed by atoms with Gasteiger partial charge in [-0.1, -0.05) is 199 Å². The lowest BCUT2D eigenvalue weighted by Crippen LogP contribution is -2.21. The van der Waals surface area contributed by atoms with Crippen molar-refractivity contribution in [2.45, 2.75) is 73.6 Å². The fraction of sp³-hybridized carbons (Fsp3) is 0.195. The Balaban J connectivity index is 0.000000206. The zero-order valence-corrected chi connectivity index (χ0v) is 54.4. The third kappa shape index (κ3) is 18.1. The molecule has 3 N–H and O–H groups in total. The molecule has 0 atom stereocenters. The molecule has 92 heavy (non-hydrogen) atoms. The van der Waals surface area contributed by atoms with Crippen molar-refractivity contribution >= 4 is 57.8 Å². The first-order valence-electron chi connectivity index (χ1n) is 32.0. The average Bonchev–Trinajstić information content (AvgIpc) is 1.43. The van der Waals surface area contributed by atoms with Gasteiger partial charge in [0, 0.05) is 99.2 Å². The first-order chi connectivity index (χ1) is 44.8. The Morgan fingerprint density at radius 2 is 0.728 bits per heavy atom. The van der Waals surface area contributed by atoms with Crippen LogP contribution in [-0.4, -0.2) is 53.5 Å². The van der Waals surface area contributed by atoms with Crippen LogP contribution in [-0.2, 0) is 21.4 Å². The van der Waals surface area contributed by atoms with E-state index in [4.69, 9.17) is 0 Å². The van der Waals surface area contributed by atoms with Crippen molar-refractivity contribution in [3.8, 4) is 0 Å². The molecule has 0 unspecified atom stereocenters. The number of aryl methyl sites for hydroxylation is 1. The number of carbonyl (C=O) groups excluding carboxylic acids is 3. The van der Waals surface area contributed by atoms with Gasteiger partial charge in [-0.15, -0.1) is 0 Å². The molecule has 1 heterocycles. The Bertz CT molecular complexity index is 3700. The van der Waals surface area contributed by atoms with E-state index in [0.717, 1.165) is 99.2 Å². The molecule has 3 amide bonds. The molecule has 0 fully saturated rings. The van der Waals surface area contributed by atoms with E-state index in [9.17, 15) is 14.4 Å². The summed E-state index contributed by atoms with van der Waals surface area (Å²) in [6.07, 6.45) is 47.4. The van der Waals surface area contributed by atoms with E-state index >= 15 is 0 Å². The number of nitrogens with zero attached hydrogens (tertiary/aromatic N) is 4. The van der Waals surface area contributed by atoms with Crippen molar-refractivity contribution < 1.29 is 14.4 Å². The Morgan fingerprint density at radius 3 is 1.02 bits per heavy atom. The second kappa shape index (κ2) is 32.8. The molecule has 5 aromatic carbocycles. The van der Waals surface area contributed by atoms with E-state index < -0.39 is 0 Å². The number of benzene rings is 5. The Kier molecular flexibility index (Phi) is 23.5. The summed E-state index contributed by atoms with van der Waals surface area (Å²) in [5.74, 6) is 0.643. The van der Waals surface area contributed by atoms with Gasteiger partial charge < -0.3 is 30.3 Å². The molecule has 0 bridgehead atoms. The standard InChI is InChI=1S/C46H43N3O3.C26H32N2.C10H10N2/c1-31(34-10-4-5-11-34)28-43(50)47-40-22-16-37(17-23-40)46(38-18-24-41(25-19-38)48-44(51)29-32(2)35-12-6-7-13-35)39-20-26-42(27-21-39)49-45(52)30-33(3)36-14-8-9-15-36;1-5-27(6-2)24-17-13-22(14-18-24)26(21-11-9-10-12-21)23-15-19-25(20-16-23)28(7-3)8-4;1-12-7-6-11-10(12)8-9-4-2-3-5-9/h4-27,46H,28-30H2,1-3H3,(H,47,50)(H,48,51)(H,49,52);9-20H,5-8H2,1-4H3;2-8H,1H3. The molecule has 0 saturated heterocycles. The van der Waals surface area contributed by atoms with Gasteiger partial charge in [-0.05, 0) is 176 Å². The van der Waals surface area contributed by atoms with Crippen LogP contribution in [0.15, 0.2) is 300 Å². The molecule has 11 rings (SSSR count). The summed E-state index contributed by atoms with van der Waals surface area (Å²) in [6, 6.07) is 41.8. The number of amides is 3. The zero-order chi connectivity index (χ0) is 64.8. The van der Waals surface area contributed by atoms with Gasteiger partial charge in [0.25, 0.3) is 0 Å². The quantitative estimate of drug-likeness (QED) is 0.0619. The van der Waals surface area contributed by atoms with Gasteiger partial charge in [0.15, 0.2) is 0 Å². The predicted molar refractivity (Wildman–Crippen MR) is 387 cm³/mol. The van der Waals surface area contributed by atoms with E-state index in [2.05, 4.69) is 149 Å². The van der Waals surface area contributed by atoms with Gasteiger partial charge in [0.2, 0.25) is 17.7 Å². The molecule has 0 aliphatic heterocycles. The van der Waals surface area contributed by atoms with E-state index in [0.29, 0.717) is 19.3 Å². The summed E-state index contributed by atoms with van der Waals surface area (Å²) in [5, 5.41) is 9.10. The van der Waals surface area contributed by atoms with Crippen molar-refractivity contribution in [2.75, 3.05) is 51.9 Å². The van der Waals surface area contributed by atoms with Crippen LogP contribution in [0.1, 0.15) is 107 Å². The molecule has 0 saturated carbocycles. The van der Waals surface area contributed by atoms with Crippen LogP contribution in [0.25, 0.3) is 11.6 Å². The van der Waals surface area contributed by atoms with Gasteiger partial charge in [0.05, 0.1) is 0 Å². The lowest BCUT2D eigenvalue weighted by molar-refractivity contribution is -0.116. The Hall–Kier alpha value is -10.6. The second-order valence-corrected chi connectivity index (χ2v) is 23.1. The van der Waals surface area contributed by atoms with Crippen molar-refractivity contribution in [3.63, 3.8) is 0 Å². The lowest BCUT2D eigenvalue weighted by atomic mass is 9.85. The van der Waals surface area contributed by atoms with E-state index in [1.54, 1.807) is 6.20 Å². The molecule has 0 spiro atoms. The van der Waals surface area contributed by atoms with Crippen molar-refractivity contribution in [3.05, 3.63) is 333 Å². The van der Waals surface area contributed by atoms with Crippen LogP contribution in [0.4, 0.5) is 28.4 Å². The molecule has 0 radical (unpaired) electrons. The highest BCUT2D eigenvalue weighted by Gasteiger charge is 2.20. The highest BCUT2D eigenvalue weighted by atomic mass is 16.2. The molecule has 466 valence electrons. The number of anilines is 5. The summed E-state index contributed by atoms with van der Waals surface area (Å²) < 4.78 is 1.99. The highest BCUT2D eigenvalue weighted by molar-refractivity contribution is 5.94. The number of aromatic nitrogens is 2. The van der Waals surface area contributed by atoms with Gasteiger partial charge in [-0.2, -0.15) is 0 Å². The number of imidazole rings is 1. The SMILES string of the molecule is CC(CC(=O)Nc1ccc(C(c2ccc(NC(=O)CC(C)=C3C=CC=C3)cc2)c2ccc(NC(=O)CC(C)=C3C=CC=C3)cc2)cc1)=C1C=CC=C1.CCN(CC)c1ccc(C(=C2C=CC=C2)c2ccc(N(CC)CC)cc2)cc1.Cn1ccnc1C=C1C=CC=C1. The van der Waals surface area contributed by atoms with E-state index in [1.807, 2.05) is 196 Å². The van der Waals surface area contributed by atoms with Crippen molar-refractivity contribution in [1.82, 2.24) is 9.55 Å². The van der Waals surface area contributed by atoms with Gasteiger partial charge >= 0.3 is 0 Å². The van der Waals surface area contributed by atoms with E-state index in [1.165, 1.54) is 39.2 Å². The maximum absolute atomic E-state index is 12.8. The smallest absolute Gasteiger partial charge is 0.228 e. The molecule has 5 aliphatic carbocycles. The topological polar surface area (TPSA) is 112 Å². The maximum atomic E-state index is 12.8. The maximum Gasteiger partial charge on any atom is 0.228 e. The predicted octanol–water partition coefficient (Wildman–Crippen LogP) is 18.4. The molecular formula is C82H85N7O3. The lowest BCUT2D eigenvalue weighted by Gasteiger charge is -2.22. The van der Waals surface area contributed by atoms with Crippen LogP contribution in [0, 0.1) is 0 Å². The number of carbonyl (C=O) groups is 3. The van der Waals surface area contributed by atoms with Crippen molar-refractivity contribution in [1.29, 1.82) is 0 Å². The minimum absolute atomic E-state index is 0.0663. The van der Waals surface area contributed by atoms with Crippen molar-refractivity contribution in [2.24, 2.45) is 7.05 Å². The number of allylic oxidation sites excluding steroid dienone is 25. The highest BCUT2D eigenvalue weighted by Crippen LogP contribution is 2.36. The van der Waals surface area contributed by atoms with Crippen LogP contribution in [0.3, 0.4) is 0 Å². The van der Waals surface area contributed by atoms with Crippen LogP contribution < -0.4 is 25.8 Å². The summed E-state index contributed by atoms with van der Waals surface area (Å²) in [5.41, 5.74) is 20.4. The molecule has 10 nitrogen and oxygen atoms in total. The summed E-state index contributed by atoms with van der Waals surface area (Å²) in [6.45, 7) is 18.9.